The molecule has 124 valence electrons. The molecule has 0 spiro atoms. The summed E-state index contributed by atoms with van der Waals surface area (Å²) in [7, 11) is 2.20. The van der Waals surface area contributed by atoms with Crippen molar-refractivity contribution in [2.75, 3.05) is 26.7 Å². The highest BCUT2D eigenvalue weighted by Gasteiger charge is 2.12. The molecule has 0 radical (unpaired) electrons. The quantitative estimate of drug-likeness (QED) is 0.770. The molecule has 1 fully saturated rings. The van der Waals surface area contributed by atoms with Crippen LogP contribution in [0.2, 0.25) is 0 Å². The molecule has 3 rings (SSSR count). The predicted octanol–water partition coefficient (Wildman–Crippen LogP) is 3.80. The van der Waals surface area contributed by atoms with Crippen molar-refractivity contribution in [2.24, 2.45) is 0 Å². The summed E-state index contributed by atoms with van der Waals surface area (Å²) >= 11 is 1.98. The van der Waals surface area contributed by atoms with Gasteiger partial charge in [-0.05, 0) is 57.2 Å². The second kappa shape index (κ2) is 8.57. The molecule has 3 heterocycles. The van der Waals surface area contributed by atoms with E-state index >= 15 is 0 Å². The van der Waals surface area contributed by atoms with Gasteiger partial charge in [-0.15, -0.1) is 11.3 Å². The molecule has 2 aromatic rings. The second-order valence-electron chi connectivity index (χ2n) is 6.51. The van der Waals surface area contributed by atoms with E-state index < -0.39 is 0 Å². The molecule has 0 bridgehead atoms. The lowest BCUT2D eigenvalue weighted by atomic mass is 10.1. The van der Waals surface area contributed by atoms with Crippen molar-refractivity contribution in [1.82, 2.24) is 14.8 Å². The van der Waals surface area contributed by atoms with Gasteiger partial charge in [0, 0.05) is 47.7 Å². The van der Waals surface area contributed by atoms with Crippen LogP contribution in [-0.4, -0.2) is 41.5 Å². The van der Waals surface area contributed by atoms with Crippen molar-refractivity contribution in [3.63, 3.8) is 0 Å². The predicted molar refractivity (Wildman–Crippen MR) is 97.7 cm³/mol. The Morgan fingerprint density at radius 2 is 1.91 bits per heavy atom. The number of pyridine rings is 1. The van der Waals surface area contributed by atoms with E-state index in [0.29, 0.717) is 0 Å². The summed E-state index contributed by atoms with van der Waals surface area (Å²) in [6.45, 7) is 5.78. The van der Waals surface area contributed by atoms with Crippen LogP contribution >= 0.6 is 11.3 Å². The Balaban J connectivity index is 1.44. The normalized spacial score (nSPS) is 16.1. The molecule has 1 aliphatic rings. The van der Waals surface area contributed by atoms with E-state index in [2.05, 4.69) is 46.1 Å². The van der Waals surface area contributed by atoms with Crippen LogP contribution in [0.1, 0.15) is 34.7 Å². The zero-order valence-corrected chi connectivity index (χ0v) is 14.9. The van der Waals surface area contributed by atoms with Crippen molar-refractivity contribution in [3.05, 3.63) is 52.0 Å². The van der Waals surface area contributed by atoms with E-state index in [1.54, 1.807) is 0 Å². The summed E-state index contributed by atoms with van der Waals surface area (Å²) in [5, 5.41) is 0. The Labute approximate surface area is 144 Å². The first-order valence-electron chi connectivity index (χ1n) is 8.68. The highest BCUT2D eigenvalue weighted by atomic mass is 32.1. The van der Waals surface area contributed by atoms with Crippen LogP contribution in [0.15, 0.2) is 36.5 Å². The molecule has 0 N–H and O–H groups in total. The van der Waals surface area contributed by atoms with Crippen LogP contribution in [0.3, 0.4) is 0 Å². The van der Waals surface area contributed by atoms with Gasteiger partial charge in [0.2, 0.25) is 0 Å². The summed E-state index contributed by atoms with van der Waals surface area (Å²) in [6.07, 6.45) is 7.04. The summed E-state index contributed by atoms with van der Waals surface area (Å²) in [6, 6.07) is 10.8. The molecule has 0 saturated carbocycles. The van der Waals surface area contributed by atoms with Crippen molar-refractivity contribution >= 4 is 11.3 Å². The number of nitrogens with zero attached hydrogens (tertiary/aromatic N) is 3. The molecule has 3 nitrogen and oxygen atoms in total. The molecule has 2 aromatic heterocycles. The molecule has 0 aliphatic carbocycles. The average Bonchev–Trinajstić information content (AvgIpc) is 3.02. The highest BCUT2D eigenvalue weighted by Crippen LogP contribution is 2.21. The summed E-state index contributed by atoms with van der Waals surface area (Å²) in [5.74, 6) is 0. The molecule has 1 saturated heterocycles. The monoisotopic (exact) mass is 329 g/mol. The Morgan fingerprint density at radius 1 is 1.09 bits per heavy atom. The first kappa shape index (κ1) is 16.6. The zero-order valence-electron chi connectivity index (χ0n) is 14.1. The number of hydrogen-bond donors (Lipinski definition) is 0. The smallest absolute Gasteiger partial charge is 0.0416 e. The van der Waals surface area contributed by atoms with Gasteiger partial charge in [0.25, 0.3) is 0 Å². The SMILES string of the molecule is CN(CCc1ccccn1)Cc1ccc(CN2CCCCC2)s1. The topological polar surface area (TPSA) is 19.4 Å². The lowest BCUT2D eigenvalue weighted by Crippen LogP contribution is -2.28. The minimum absolute atomic E-state index is 1.02. The molecular weight excluding hydrogens is 302 g/mol. The number of likely N-dealkylation sites (tertiary alicyclic amines) is 1. The van der Waals surface area contributed by atoms with Crippen LogP contribution in [0.5, 0.6) is 0 Å². The van der Waals surface area contributed by atoms with Crippen molar-refractivity contribution < 1.29 is 0 Å². The van der Waals surface area contributed by atoms with Gasteiger partial charge in [-0.3, -0.25) is 9.88 Å². The maximum Gasteiger partial charge on any atom is 0.0416 e. The Kier molecular flexibility index (Phi) is 6.20. The average molecular weight is 330 g/mol. The number of likely N-dealkylation sites (N-methyl/N-ethyl adjacent to an activating group) is 1. The van der Waals surface area contributed by atoms with E-state index in [0.717, 1.165) is 26.1 Å². The molecule has 23 heavy (non-hydrogen) atoms. The van der Waals surface area contributed by atoms with Crippen molar-refractivity contribution in [3.8, 4) is 0 Å². The van der Waals surface area contributed by atoms with Gasteiger partial charge in [-0.2, -0.15) is 0 Å². The largest absolute Gasteiger partial charge is 0.301 e. The fourth-order valence-electron chi connectivity index (χ4n) is 3.13. The van der Waals surface area contributed by atoms with Crippen molar-refractivity contribution in [2.45, 2.75) is 38.8 Å². The van der Waals surface area contributed by atoms with Crippen molar-refractivity contribution in [1.29, 1.82) is 0 Å². The minimum Gasteiger partial charge on any atom is -0.301 e. The summed E-state index contributed by atoms with van der Waals surface area (Å²) < 4.78 is 0. The number of thiophene rings is 1. The summed E-state index contributed by atoms with van der Waals surface area (Å²) in [4.78, 5) is 12.4. The third-order valence-electron chi connectivity index (χ3n) is 4.45. The molecular formula is C19H27N3S. The van der Waals surface area contributed by atoms with Gasteiger partial charge in [0.05, 0.1) is 0 Å². The highest BCUT2D eigenvalue weighted by molar-refractivity contribution is 7.11. The molecule has 0 aromatic carbocycles. The molecule has 0 amide bonds. The fraction of sp³-hybridized carbons (Fsp3) is 0.526. The van der Waals surface area contributed by atoms with Crippen LogP contribution in [0.25, 0.3) is 0 Å². The molecule has 0 atom stereocenters. The van der Waals surface area contributed by atoms with Gasteiger partial charge in [-0.1, -0.05) is 12.5 Å². The minimum atomic E-state index is 1.02. The third kappa shape index (κ3) is 5.41. The van der Waals surface area contributed by atoms with E-state index in [1.807, 2.05) is 23.6 Å². The van der Waals surface area contributed by atoms with Gasteiger partial charge in [0.15, 0.2) is 0 Å². The van der Waals surface area contributed by atoms with Crippen LogP contribution in [0.4, 0.5) is 0 Å². The number of rotatable bonds is 7. The van der Waals surface area contributed by atoms with Gasteiger partial charge in [-0.25, -0.2) is 0 Å². The zero-order chi connectivity index (χ0) is 15.9. The third-order valence-corrected chi connectivity index (χ3v) is 5.50. The van der Waals surface area contributed by atoms with E-state index in [9.17, 15) is 0 Å². The Hall–Kier alpha value is -1.23. The molecule has 4 heteroatoms. The Bertz CT molecular complexity index is 575. The number of hydrogen-bond acceptors (Lipinski definition) is 4. The summed E-state index contributed by atoms with van der Waals surface area (Å²) in [5.41, 5.74) is 1.18. The second-order valence-corrected chi connectivity index (χ2v) is 7.77. The van der Waals surface area contributed by atoms with Gasteiger partial charge in [0.1, 0.15) is 0 Å². The number of aromatic nitrogens is 1. The number of piperidine rings is 1. The first-order valence-corrected chi connectivity index (χ1v) is 9.49. The van der Waals surface area contributed by atoms with Gasteiger partial charge < -0.3 is 4.90 Å². The van der Waals surface area contributed by atoms with Crippen LogP contribution in [0, 0.1) is 0 Å². The molecule has 0 unspecified atom stereocenters. The lowest BCUT2D eigenvalue weighted by molar-refractivity contribution is 0.222. The van der Waals surface area contributed by atoms with Gasteiger partial charge >= 0.3 is 0 Å². The maximum absolute atomic E-state index is 4.40. The molecule has 1 aliphatic heterocycles. The van der Waals surface area contributed by atoms with E-state index in [1.165, 1.54) is 47.8 Å². The van der Waals surface area contributed by atoms with Crippen LogP contribution in [-0.2, 0) is 19.5 Å². The fourth-order valence-corrected chi connectivity index (χ4v) is 4.27. The van der Waals surface area contributed by atoms with E-state index in [-0.39, 0.29) is 0 Å². The van der Waals surface area contributed by atoms with Crippen LogP contribution < -0.4 is 0 Å². The first-order chi connectivity index (χ1) is 11.3. The van der Waals surface area contributed by atoms with E-state index in [4.69, 9.17) is 0 Å². The maximum atomic E-state index is 4.40. The standard InChI is InChI=1S/C19H27N3S/c1-21(14-10-17-7-3-4-11-20-17)15-18-8-9-19(23-18)16-22-12-5-2-6-13-22/h3-4,7-9,11H,2,5-6,10,12-16H2,1H3. The Morgan fingerprint density at radius 3 is 2.70 bits per heavy atom. The lowest BCUT2D eigenvalue weighted by Gasteiger charge is -2.25.